The van der Waals surface area contributed by atoms with Crippen LogP contribution < -0.4 is 5.56 Å². The molecule has 2 N–H and O–H groups in total. The Kier molecular flexibility index (Phi) is 1.74. The Hall–Kier alpha value is -2.14. The molecule has 17 heavy (non-hydrogen) atoms. The number of fused-ring (bicyclic) bond motifs is 3. The molecule has 1 aliphatic rings. The van der Waals surface area contributed by atoms with Crippen LogP contribution in [0.15, 0.2) is 29.1 Å². The van der Waals surface area contributed by atoms with E-state index in [4.69, 9.17) is 4.74 Å². The molecule has 5 nitrogen and oxygen atoms in total. The van der Waals surface area contributed by atoms with E-state index in [0.29, 0.717) is 10.9 Å². The minimum absolute atomic E-state index is 0.0267. The number of aromatic amines is 1. The van der Waals surface area contributed by atoms with Gasteiger partial charge < -0.3 is 14.8 Å². The van der Waals surface area contributed by atoms with Crippen molar-refractivity contribution < 1.29 is 14.6 Å². The zero-order chi connectivity index (χ0) is 12.2. The van der Waals surface area contributed by atoms with Crippen molar-refractivity contribution >= 4 is 16.9 Å². The van der Waals surface area contributed by atoms with E-state index in [2.05, 4.69) is 4.98 Å². The summed E-state index contributed by atoms with van der Waals surface area (Å²) in [6.45, 7) is 1.28. The minimum atomic E-state index is -1.86. The lowest BCUT2D eigenvalue weighted by atomic mass is 10.0. The second-order valence-electron chi connectivity index (χ2n) is 4.12. The van der Waals surface area contributed by atoms with Crippen LogP contribution in [0, 0.1) is 0 Å². The highest BCUT2D eigenvalue weighted by Gasteiger charge is 2.43. The van der Waals surface area contributed by atoms with Crippen molar-refractivity contribution in [3.63, 3.8) is 0 Å². The number of aromatic nitrogens is 1. The smallest absolute Gasteiger partial charge is 0.342 e. The number of para-hydroxylation sites is 1. The summed E-state index contributed by atoms with van der Waals surface area (Å²) in [5, 5.41) is 10.5. The van der Waals surface area contributed by atoms with Crippen LogP contribution in [-0.4, -0.2) is 16.1 Å². The van der Waals surface area contributed by atoms with Gasteiger partial charge in [-0.1, -0.05) is 18.2 Å². The quantitative estimate of drug-likeness (QED) is 0.659. The van der Waals surface area contributed by atoms with E-state index in [-0.39, 0.29) is 11.1 Å². The van der Waals surface area contributed by atoms with Crippen LogP contribution in [0.25, 0.3) is 10.9 Å². The van der Waals surface area contributed by atoms with E-state index in [1.165, 1.54) is 6.92 Å². The number of esters is 1. The van der Waals surface area contributed by atoms with Gasteiger partial charge in [0, 0.05) is 17.8 Å². The van der Waals surface area contributed by atoms with Crippen molar-refractivity contribution in [1.29, 1.82) is 0 Å². The van der Waals surface area contributed by atoms with Gasteiger partial charge in [0.15, 0.2) is 0 Å². The fourth-order valence-corrected chi connectivity index (χ4v) is 2.18. The second kappa shape index (κ2) is 2.95. The Bertz CT molecular complexity index is 699. The topological polar surface area (TPSA) is 79.4 Å². The molecule has 0 radical (unpaired) electrons. The molecule has 3 rings (SSSR count). The zero-order valence-electron chi connectivity index (χ0n) is 8.98. The Morgan fingerprint density at radius 1 is 1.29 bits per heavy atom. The van der Waals surface area contributed by atoms with Crippen molar-refractivity contribution in [2.24, 2.45) is 0 Å². The lowest BCUT2D eigenvalue weighted by Gasteiger charge is -2.14. The third-order valence-electron chi connectivity index (χ3n) is 2.88. The number of H-pyrrole nitrogens is 1. The van der Waals surface area contributed by atoms with Crippen LogP contribution in [0.3, 0.4) is 0 Å². The molecule has 0 aliphatic carbocycles. The first-order chi connectivity index (χ1) is 8.00. The lowest BCUT2D eigenvalue weighted by molar-refractivity contribution is -0.148. The van der Waals surface area contributed by atoms with Crippen LogP contribution in [0.2, 0.25) is 0 Å². The van der Waals surface area contributed by atoms with Gasteiger partial charge in [-0.15, -0.1) is 0 Å². The number of carbonyl (C=O) groups excluding carboxylic acids is 1. The summed E-state index contributed by atoms with van der Waals surface area (Å²) in [6.07, 6.45) is 0. The van der Waals surface area contributed by atoms with Gasteiger partial charge in [0.2, 0.25) is 5.79 Å². The van der Waals surface area contributed by atoms with E-state index >= 15 is 0 Å². The molecule has 0 saturated carbocycles. The Morgan fingerprint density at radius 2 is 2.00 bits per heavy atom. The van der Waals surface area contributed by atoms with Crippen LogP contribution in [0.1, 0.15) is 22.8 Å². The fraction of sp³-hybridized carbons (Fsp3) is 0.167. The van der Waals surface area contributed by atoms with Crippen molar-refractivity contribution in [2.75, 3.05) is 0 Å². The van der Waals surface area contributed by atoms with E-state index < -0.39 is 17.3 Å². The highest BCUT2D eigenvalue weighted by molar-refractivity contribution is 6.06. The molecular weight excluding hydrogens is 222 g/mol. The number of hydrogen-bond donors (Lipinski definition) is 2. The third-order valence-corrected chi connectivity index (χ3v) is 2.88. The maximum atomic E-state index is 11.8. The van der Waals surface area contributed by atoms with E-state index in [0.717, 1.165) is 0 Å². The molecule has 0 fully saturated rings. The molecule has 0 spiro atoms. The minimum Gasteiger partial charge on any atom is -0.425 e. The molecular formula is C12H9NO4. The second-order valence-corrected chi connectivity index (χ2v) is 4.12. The largest absolute Gasteiger partial charge is 0.425 e. The predicted molar refractivity (Wildman–Crippen MR) is 59.6 cm³/mol. The summed E-state index contributed by atoms with van der Waals surface area (Å²) in [6, 6.07) is 6.90. The maximum Gasteiger partial charge on any atom is 0.342 e. The van der Waals surface area contributed by atoms with Crippen LogP contribution >= 0.6 is 0 Å². The Balaban J connectivity index is 2.55. The molecule has 0 saturated heterocycles. The highest BCUT2D eigenvalue weighted by atomic mass is 16.7. The number of nitrogens with one attached hydrogen (secondary N) is 1. The number of hydrogen-bond acceptors (Lipinski definition) is 4. The highest BCUT2D eigenvalue weighted by Crippen LogP contribution is 2.34. The molecule has 5 heteroatoms. The van der Waals surface area contributed by atoms with Gasteiger partial charge in [0.05, 0.1) is 5.56 Å². The van der Waals surface area contributed by atoms with E-state index in [1.54, 1.807) is 24.3 Å². The number of rotatable bonds is 0. The normalized spacial score (nSPS) is 22.6. The van der Waals surface area contributed by atoms with Crippen molar-refractivity contribution in [1.82, 2.24) is 4.98 Å². The molecule has 0 unspecified atom stereocenters. The number of cyclic esters (lactones) is 1. The lowest BCUT2D eigenvalue weighted by Crippen LogP contribution is -2.28. The van der Waals surface area contributed by atoms with Crippen LogP contribution in [-0.2, 0) is 10.5 Å². The summed E-state index contributed by atoms with van der Waals surface area (Å²) >= 11 is 0. The van der Waals surface area contributed by atoms with Gasteiger partial charge in [-0.25, -0.2) is 4.79 Å². The fourth-order valence-electron chi connectivity index (χ4n) is 2.18. The van der Waals surface area contributed by atoms with Gasteiger partial charge in [-0.3, -0.25) is 4.79 Å². The molecule has 2 heterocycles. The van der Waals surface area contributed by atoms with Crippen molar-refractivity contribution in [2.45, 2.75) is 12.7 Å². The number of aliphatic hydroxyl groups is 1. The predicted octanol–water partition coefficient (Wildman–Crippen LogP) is 0.864. The van der Waals surface area contributed by atoms with E-state index in [9.17, 15) is 14.7 Å². The summed E-state index contributed by atoms with van der Waals surface area (Å²) in [5.41, 5.74) is 0.163. The number of benzene rings is 1. The average Bonchev–Trinajstić information content (AvgIpc) is 2.50. The average molecular weight is 231 g/mol. The number of pyridine rings is 1. The third kappa shape index (κ3) is 1.23. The number of ether oxygens (including phenoxy) is 1. The standard InChI is InChI=1S/C12H9NO4/c1-12(16)9-8(11(15)17-12)6-4-2-3-5-7(6)13-10(9)14/h2-5,16H,1H3,(H,13,14)/t12-/m1/s1. The molecule has 0 amide bonds. The van der Waals surface area contributed by atoms with Crippen molar-refractivity contribution in [3.05, 3.63) is 45.7 Å². The SMILES string of the molecule is C[C@@]1(O)OC(=O)c2c1c(=O)[nH]c1ccccc21. The van der Waals surface area contributed by atoms with Gasteiger partial charge >= 0.3 is 5.97 Å². The molecule has 1 aromatic carbocycles. The van der Waals surface area contributed by atoms with Gasteiger partial charge in [0.25, 0.3) is 5.56 Å². The number of carbonyl (C=O) groups is 1. The van der Waals surface area contributed by atoms with Crippen molar-refractivity contribution in [3.8, 4) is 0 Å². The van der Waals surface area contributed by atoms with Crippen LogP contribution in [0.5, 0.6) is 0 Å². The van der Waals surface area contributed by atoms with Gasteiger partial charge in [-0.05, 0) is 6.07 Å². The first-order valence-electron chi connectivity index (χ1n) is 5.12. The molecule has 1 atom stereocenters. The molecule has 2 aromatic rings. The Morgan fingerprint density at radius 3 is 2.76 bits per heavy atom. The first-order valence-corrected chi connectivity index (χ1v) is 5.12. The first kappa shape index (κ1) is 10.0. The molecule has 86 valence electrons. The van der Waals surface area contributed by atoms with E-state index in [1.807, 2.05) is 0 Å². The summed E-state index contributed by atoms with van der Waals surface area (Å²) in [5.74, 6) is -2.53. The zero-order valence-corrected chi connectivity index (χ0v) is 8.98. The maximum absolute atomic E-state index is 11.8. The monoisotopic (exact) mass is 231 g/mol. The molecule has 1 aliphatic heterocycles. The summed E-state index contributed by atoms with van der Waals surface area (Å²) < 4.78 is 4.80. The Labute approximate surface area is 95.7 Å². The van der Waals surface area contributed by atoms with Crippen LogP contribution in [0.4, 0.5) is 0 Å². The van der Waals surface area contributed by atoms with Gasteiger partial charge in [0.1, 0.15) is 5.56 Å². The van der Waals surface area contributed by atoms with Gasteiger partial charge in [-0.2, -0.15) is 0 Å². The molecule has 1 aromatic heterocycles. The summed E-state index contributed by atoms with van der Waals surface area (Å²) in [4.78, 5) is 26.2. The summed E-state index contributed by atoms with van der Waals surface area (Å²) in [7, 11) is 0. The molecule has 0 bridgehead atoms.